The van der Waals surface area contributed by atoms with Crippen LogP contribution in [0.25, 0.3) is 0 Å². The Kier molecular flexibility index (Phi) is 1.27. The minimum atomic E-state index is 0.707. The molecule has 0 N–H and O–H groups in total. The molecule has 2 fully saturated rings. The molecule has 2 rings (SSSR count). The van der Waals surface area contributed by atoms with E-state index in [0.29, 0.717) is 12.3 Å². The van der Waals surface area contributed by atoms with Gasteiger partial charge in [-0.05, 0) is 21.1 Å². The highest BCUT2D eigenvalue weighted by molar-refractivity contribution is 5.00. The number of fused-ring (bicyclic) bond motifs is 1. The smallest absolute Gasteiger partial charge is 0.0930 e. The minimum Gasteiger partial charge on any atom is -0.287 e. The molecule has 0 radical (unpaired) electrons. The number of nitrogens with zero attached hydrogens (tertiary/aromatic N) is 3. The average Bonchev–Trinajstić information content (AvgIpc) is 2.55. The largest absolute Gasteiger partial charge is 0.287 e. The van der Waals surface area contributed by atoms with Crippen LogP contribution < -0.4 is 0 Å². The van der Waals surface area contributed by atoms with Crippen LogP contribution in [0.15, 0.2) is 0 Å². The lowest BCUT2D eigenvalue weighted by atomic mass is 10.4. The van der Waals surface area contributed by atoms with Gasteiger partial charge in [-0.3, -0.25) is 14.7 Å². The van der Waals surface area contributed by atoms with Crippen molar-refractivity contribution in [1.29, 1.82) is 0 Å². The van der Waals surface area contributed by atoms with Gasteiger partial charge in [0.15, 0.2) is 0 Å². The number of piperazine rings is 1. The van der Waals surface area contributed by atoms with Crippen LogP contribution in [0.5, 0.6) is 0 Å². The lowest BCUT2D eigenvalue weighted by Gasteiger charge is -2.26. The van der Waals surface area contributed by atoms with Crippen LogP contribution in [0, 0.1) is 0 Å². The second-order valence-electron chi connectivity index (χ2n) is 3.45. The van der Waals surface area contributed by atoms with Crippen molar-refractivity contribution < 1.29 is 0 Å². The highest BCUT2D eigenvalue weighted by atomic mass is 15.6. The van der Waals surface area contributed by atoms with E-state index in [9.17, 15) is 0 Å². The molecule has 2 aliphatic heterocycles. The summed E-state index contributed by atoms with van der Waals surface area (Å²) in [6.45, 7) is 2.42. The molecule has 0 aromatic rings. The SMILES string of the molecule is CN1CCN(C)C2C1N2C. The Balaban J connectivity index is 2.06. The molecule has 10 heavy (non-hydrogen) atoms. The Morgan fingerprint density at radius 3 is 1.70 bits per heavy atom. The molecule has 3 heteroatoms. The lowest BCUT2D eigenvalue weighted by molar-refractivity contribution is 0.176. The van der Waals surface area contributed by atoms with Crippen LogP contribution >= 0.6 is 0 Å². The highest BCUT2D eigenvalue weighted by Crippen LogP contribution is 2.32. The molecule has 0 aliphatic carbocycles. The van der Waals surface area contributed by atoms with Crippen molar-refractivity contribution in [3.63, 3.8) is 0 Å². The van der Waals surface area contributed by atoms with E-state index in [0.717, 1.165) is 0 Å². The van der Waals surface area contributed by atoms with E-state index in [-0.39, 0.29) is 0 Å². The summed E-state index contributed by atoms with van der Waals surface area (Å²) >= 11 is 0. The zero-order valence-electron chi connectivity index (χ0n) is 6.91. The number of hydrogen-bond donors (Lipinski definition) is 0. The molecule has 2 atom stereocenters. The van der Waals surface area contributed by atoms with E-state index in [4.69, 9.17) is 0 Å². The molecule has 2 aliphatic rings. The molecule has 3 nitrogen and oxygen atoms in total. The first kappa shape index (κ1) is 6.58. The van der Waals surface area contributed by atoms with Crippen LogP contribution in [0.2, 0.25) is 0 Å². The van der Waals surface area contributed by atoms with Crippen LogP contribution in [0.1, 0.15) is 0 Å². The molecule has 2 saturated heterocycles. The predicted octanol–water partition coefficient (Wildman–Crippen LogP) is -0.539. The fourth-order valence-electron chi connectivity index (χ4n) is 1.96. The lowest BCUT2D eigenvalue weighted by Crippen LogP contribution is -2.42. The molecular weight excluding hydrogens is 126 g/mol. The summed E-state index contributed by atoms with van der Waals surface area (Å²) in [5.74, 6) is 0. The molecule has 2 unspecified atom stereocenters. The van der Waals surface area contributed by atoms with E-state index in [1.165, 1.54) is 13.1 Å². The monoisotopic (exact) mass is 141 g/mol. The van der Waals surface area contributed by atoms with Crippen LogP contribution in [-0.2, 0) is 0 Å². The van der Waals surface area contributed by atoms with Gasteiger partial charge in [-0.25, -0.2) is 0 Å². The summed E-state index contributed by atoms with van der Waals surface area (Å²) in [6, 6.07) is 0. The maximum Gasteiger partial charge on any atom is 0.0930 e. The third kappa shape index (κ3) is 0.713. The van der Waals surface area contributed by atoms with Gasteiger partial charge in [0.25, 0.3) is 0 Å². The first-order valence-corrected chi connectivity index (χ1v) is 3.84. The Labute approximate surface area is 62.2 Å². The maximum atomic E-state index is 2.42. The number of likely N-dealkylation sites (N-methyl/N-ethyl adjacent to an activating group) is 3. The van der Waals surface area contributed by atoms with E-state index >= 15 is 0 Å². The second kappa shape index (κ2) is 1.94. The van der Waals surface area contributed by atoms with Crippen LogP contribution in [0.3, 0.4) is 0 Å². The second-order valence-corrected chi connectivity index (χ2v) is 3.45. The van der Waals surface area contributed by atoms with Gasteiger partial charge in [0.1, 0.15) is 0 Å². The predicted molar refractivity (Wildman–Crippen MR) is 40.6 cm³/mol. The summed E-state index contributed by atoms with van der Waals surface area (Å²) in [5.41, 5.74) is 0. The quantitative estimate of drug-likeness (QED) is 0.419. The van der Waals surface area contributed by atoms with Gasteiger partial charge in [0, 0.05) is 13.1 Å². The van der Waals surface area contributed by atoms with Gasteiger partial charge in [-0.2, -0.15) is 0 Å². The maximum absolute atomic E-state index is 2.42. The van der Waals surface area contributed by atoms with Crippen molar-refractivity contribution in [2.75, 3.05) is 34.2 Å². The Bertz CT molecular complexity index is 132. The number of hydrogen-bond acceptors (Lipinski definition) is 3. The van der Waals surface area contributed by atoms with Crippen molar-refractivity contribution >= 4 is 0 Å². The minimum absolute atomic E-state index is 0.707. The Morgan fingerprint density at radius 1 is 0.900 bits per heavy atom. The normalized spacial score (nSPS) is 48.9. The van der Waals surface area contributed by atoms with Crippen molar-refractivity contribution in [2.45, 2.75) is 12.3 Å². The van der Waals surface area contributed by atoms with Gasteiger partial charge in [-0.15, -0.1) is 0 Å². The molecule has 58 valence electrons. The third-order valence-corrected chi connectivity index (χ3v) is 2.72. The van der Waals surface area contributed by atoms with Gasteiger partial charge in [0.05, 0.1) is 12.3 Å². The Morgan fingerprint density at radius 2 is 1.30 bits per heavy atom. The zero-order valence-corrected chi connectivity index (χ0v) is 6.91. The highest BCUT2D eigenvalue weighted by Gasteiger charge is 2.51. The summed E-state index contributed by atoms with van der Waals surface area (Å²) in [7, 11) is 6.59. The van der Waals surface area contributed by atoms with Crippen LogP contribution in [0.4, 0.5) is 0 Å². The molecule has 2 heterocycles. The van der Waals surface area contributed by atoms with Crippen molar-refractivity contribution in [2.24, 2.45) is 0 Å². The Hall–Kier alpha value is -0.120. The third-order valence-electron chi connectivity index (χ3n) is 2.72. The standard InChI is InChI=1S/C7H15N3/c1-8-4-5-9(2)7-6(8)10(7)3/h6-7H,4-5H2,1-3H3. The van der Waals surface area contributed by atoms with Crippen molar-refractivity contribution in [3.8, 4) is 0 Å². The molecule has 0 aromatic heterocycles. The molecule has 0 amide bonds. The fourth-order valence-corrected chi connectivity index (χ4v) is 1.96. The van der Waals surface area contributed by atoms with E-state index < -0.39 is 0 Å². The van der Waals surface area contributed by atoms with Gasteiger partial charge in [0.2, 0.25) is 0 Å². The molecule has 0 spiro atoms. The van der Waals surface area contributed by atoms with Crippen molar-refractivity contribution in [3.05, 3.63) is 0 Å². The summed E-state index contributed by atoms with van der Waals surface area (Å²) in [5, 5.41) is 0. The zero-order chi connectivity index (χ0) is 7.30. The van der Waals surface area contributed by atoms with Crippen LogP contribution in [-0.4, -0.2) is 61.3 Å². The van der Waals surface area contributed by atoms with Gasteiger partial charge < -0.3 is 0 Å². The molecule has 0 bridgehead atoms. The topological polar surface area (TPSA) is 9.49 Å². The summed E-state index contributed by atoms with van der Waals surface area (Å²) in [6.07, 6.45) is 1.41. The fraction of sp³-hybridized carbons (Fsp3) is 1.00. The van der Waals surface area contributed by atoms with E-state index in [1.54, 1.807) is 0 Å². The van der Waals surface area contributed by atoms with E-state index in [2.05, 4.69) is 35.8 Å². The first-order chi connectivity index (χ1) is 4.72. The van der Waals surface area contributed by atoms with Gasteiger partial charge in [-0.1, -0.05) is 0 Å². The first-order valence-electron chi connectivity index (χ1n) is 3.84. The molecule has 0 saturated carbocycles. The van der Waals surface area contributed by atoms with Crippen molar-refractivity contribution in [1.82, 2.24) is 14.7 Å². The number of rotatable bonds is 0. The summed E-state index contributed by atoms with van der Waals surface area (Å²) < 4.78 is 0. The molecule has 0 aromatic carbocycles. The average molecular weight is 141 g/mol. The molecular formula is C7H15N3. The summed E-state index contributed by atoms with van der Waals surface area (Å²) in [4.78, 5) is 7.24. The van der Waals surface area contributed by atoms with Gasteiger partial charge >= 0.3 is 0 Å². The van der Waals surface area contributed by atoms with E-state index in [1.807, 2.05) is 0 Å².